The number of hydrogen-bond acceptors (Lipinski definition) is 5. The first-order valence-electron chi connectivity index (χ1n) is 9.13. The van der Waals surface area contributed by atoms with E-state index < -0.39 is 0 Å². The van der Waals surface area contributed by atoms with Crippen molar-refractivity contribution in [2.45, 2.75) is 45.8 Å². The monoisotopic (exact) mass is 356 g/mol. The molecule has 140 valence electrons. The standard InChI is InChI=1S/C18H28N8/c1-5-19-18(20-11-14-7-6-8-16(22-14)25(3)4)23-15-9-10-17-21-13(2)24-26(17)12-15/h6-8,15H,5,9-12H2,1-4H3,(H2,19,20,23). The molecule has 1 atom stereocenters. The van der Waals surface area contributed by atoms with Gasteiger partial charge in [-0.05, 0) is 32.4 Å². The van der Waals surface area contributed by atoms with Crippen LogP contribution in [0.15, 0.2) is 23.2 Å². The number of aliphatic imine (C=N–C) groups is 1. The predicted molar refractivity (Wildman–Crippen MR) is 103 cm³/mol. The summed E-state index contributed by atoms with van der Waals surface area (Å²) >= 11 is 0. The molecule has 8 heteroatoms. The average molecular weight is 356 g/mol. The molecule has 8 nitrogen and oxygen atoms in total. The highest BCUT2D eigenvalue weighted by molar-refractivity contribution is 5.80. The lowest BCUT2D eigenvalue weighted by atomic mass is 10.1. The largest absolute Gasteiger partial charge is 0.363 e. The lowest BCUT2D eigenvalue weighted by Crippen LogP contribution is -2.47. The van der Waals surface area contributed by atoms with Crippen LogP contribution in [0, 0.1) is 6.92 Å². The molecule has 0 aliphatic carbocycles. The lowest BCUT2D eigenvalue weighted by molar-refractivity contribution is 0.392. The van der Waals surface area contributed by atoms with Gasteiger partial charge >= 0.3 is 0 Å². The van der Waals surface area contributed by atoms with Gasteiger partial charge in [-0.2, -0.15) is 5.10 Å². The molecule has 0 amide bonds. The van der Waals surface area contributed by atoms with E-state index >= 15 is 0 Å². The van der Waals surface area contributed by atoms with Crippen molar-refractivity contribution in [2.75, 3.05) is 25.5 Å². The Morgan fingerprint density at radius 2 is 2.19 bits per heavy atom. The zero-order chi connectivity index (χ0) is 18.5. The number of rotatable bonds is 5. The zero-order valence-electron chi connectivity index (χ0n) is 16.0. The molecule has 0 spiro atoms. The van der Waals surface area contributed by atoms with E-state index in [1.165, 1.54) is 0 Å². The van der Waals surface area contributed by atoms with Crippen LogP contribution >= 0.6 is 0 Å². The zero-order valence-corrected chi connectivity index (χ0v) is 16.0. The average Bonchev–Trinajstić information content (AvgIpc) is 2.99. The molecule has 0 saturated heterocycles. The van der Waals surface area contributed by atoms with Crippen LogP contribution < -0.4 is 15.5 Å². The van der Waals surface area contributed by atoms with Crippen molar-refractivity contribution in [3.63, 3.8) is 0 Å². The van der Waals surface area contributed by atoms with Gasteiger partial charge in [0.1, 0.15) is 17.5 Å². The molecule has 1 aliphatic heterocycles. The highest BCUT2D eigenvalue weighted by Gasteiger charge is 2.21. The number of aryl methyl sites for hydroxylation is 2. The Bertz CT molecular complexity index is 764. The van der Waals surface area contributed by atoms with Gasteiger partial charge in [0, 0.05) is 33.1 Å². The molecule has 0 bridgehead atoms. The quantitative estimate of drug-likeness (QED) is 0.617. The third-order valence-electron chi connectivity index (χ3n) is 4.30. The number of nitrogens with zero attached hydrogens (tertiary/aromatic N) is 6. The maximum absolute atomic E-state index is 4.71. The third-order valence-corrected chi connectivity index (χ3v) is 4.30. The smallest absolute Gasteiger partial charge is 0.191 e. The Balaban J connectivity index is 1.65. The van der Waals surface area contributed by atoms with Crippen LogP contribution in [-0.2, 0) is 19.5 Å². The van der Waals surface area contributed by atoms with Crippen LogP contribution in [0.1, 0.15) is 30.7 Å². The van der Waals surface area contributed by atoms with Crippen LogP contribution in [0.4, 0.5) is 5.82 Å². The van der Waals surface area contributed by atoms with Crippen LogP contribution in [0.3, 0.4) is 0 Å². The third kappa shape index (κ3) is 4.50. The maximum atomic E-state index is 4.71. The number of nitrogens with one attached hydrogen (secondary N) is 2. The van der Waals surface area contributed by atoms with E-state index in [1.807, 2.05) is 48.8 Å². The van der Waals surface area contributed by atoms with Crippen molar-refractivity contribution in [3.8, 4) is 0 Å². The molecular weight excluding hydrogens is 328 g/mol. The summed E-state index contributed by atoms with van der Waals surface area (Å²) in [4.78, 5) is 15.8. The Labute approximate surface area is 154 Å². The first kappa shape index (κ1) is 18.2. The van der Waals surface area contributed by atoms with Gasteiger partial charge in [-0.3, -0.25) is 0 Å². The van der Waals surface area contributed by atoms with E-state index in [2.05, 4.69) is 32.6 Å². The minimum absolute atomic E-state index is 0.294. The van der Waals surface area contributed by atoms with E-state index in [9.17, 15) is 0 Å². The second kappa shape index (κ2) is 8.16. The SMILES string of the molecule is CCNC(=NCc1cccc(N(C)C)n1)NC1CCc2nc(C)nn2C1. The Morgan fingerprint density at radius 1 is 1.35 bits per heavy atom. The van der Waals surface area contributed by atoms with Crippen LogP contribution in [-0.4, -0.2) is 52.4 Å². The van der Waals surface area contributed by atoms with Crippen molar-refractivity contribution >= 4 is 11.8 Å². The minimum atomic E-state index is 0.294. The number of aromatic nitrogens is 4. The predicted octanol–water partition coefficient (Wildman–Crippen LogP) is 1.12. The van der Waals surface area contributed by atoms with Crippen molar-refractivity contribution in [2.24, 2.45) is 4.99 Å². The summed E-state index contributed by atoms with van der Waals surface area (Å²) in [7, 11) is 3.98. The van der Waals surface area contributed by atoms with E-state index in [0.717, 1.165) is 55.1 Å². The fraction of sp³-hybridized carbons (Fsp3) is 0.556. The molecule has 3 heterocycles. The Kier molecular flexibility index (Phi) is 5.70. The van der Waals surface area contributed by atoms with Gasteiger partial charge in [-0.25, -0.2) is 19.6 Å². The number of hydrogen-bond donors (Lipinski definition) is 2. The Morgan fingerprint density at radius 3 is 2.96 bits per heavy atom. The van der Waals surface area contributed by atoms with Crippen molar-refractivity contribution in [1.82, 2.24) is 30.4 Å². The molecule has 2 N–H and O–H groups in total. The van der Waals surface area contributed by atoms with E-state index in [4.69, 9.17) is 4.99 Å². The highest BCUT2D eigenvalue weighted by atomic mass is 15.4. The molecule has 26 heavy (non-hydrogen) atoms. The van der Waals surface area contributed by atoms with Crippen LogP contribution in [0.25, 0.3) is 0 Å². The molecule has 2 aromatic heterocycles. The summed E-state index contributed by atoms with van der Waals surface area (Å²) in [5, 5.41) is 11.3. The molecule has 0 saturated carbocycles. The molecular formula is C18H28N8. The van der Waals surface area contributed by atoms with Gasteiger partial charge in [-0.1, -0.05) is 6.07 Å². The van der Waals surface area contributed by atoms with Crippen LogP contribution in [0.5, 0.6) is 0 Å². The summed E-state index contributed by atoms with van der Waals surface area (Å²) in [5.41, 5.74) is 0.950. The molecule has 2 aromatic rings. The van der Waals surface area contributed by atoms with E-state index in [-0.39, 0.29) is 0 Å². The van der Waals surface area contributed by atoms with E-state index in [1.54, 1.807) is 0 Å². The summed E-state index contributed by atoms with van der Waals surface area (Å²) in [6.07, 6.45) is 1.96. The van der Waals surface area contributed by atoms with Crippen molar-refractivity contribution < 1.29 is 0 Å². The Hall–Kier alpha value is -2.64. The maximum Gasteiger partial charge on any atom is 0.191 e. The lowest BCUT2D eigenvalue weighted by Gasteiger charge is -2.25. The summed E-state index contributed by atoms with van der Waals surface area (Å²) in [6.45, 7) is 6.18. The van der Waals surface area contributed by atoms with Gasteiger partial charge in [0.2, 0.25) is 0 Å². The van der Waals surface area contributed by atoms with Crippen molar-refractivity contribution in [1.29, 1.82) is 0 Å². The molecule has 0 fully saturated rings. The van der Waals surface area contributed by atoms with E-state index in [0.29, 0.717) is 12.6 Å². The fourth-order valence-corrected chi connectivity index (χ4v) is 3.03. The number of pyridine rings is 1. The normalized spacial score (nSPS) is 16.9. The number of guanidine groups is 1. The molecule has 3 rings (SSSR count). The summed E-state index contributed by atoms with van der Waals surface area (Å²) in [6, 6.07) is 6.31. The van der Waals surface area contributed by atoms with Gasteiger partial charge in [-0.15, -0.1) is 0 Å². The molecule has 1 aliphatic rings. The van der Waals surface area contributed by atoms with Gasteiger partial charge in [0.15, 0.2) is 5.96 Å². The number of fused-ring (bicyclic) bond motifs is 1. The highest BCUT2D eigenvalue weighted by Crippen LogP contribution is 2.13. The molecule has 0 radical (unpaired) electrons. The first-order valence-corrected chi connectivity index (χ1v) is 9.13. The minimum Gasteiger partial charge on any atom is -0.363 e. The second-order valence-electron chi connectivity index (χ2n) is 6.71. The van der Waals surface area contributed by atoms with Crippen molar-refractivity contribution in [3.05, 3.63) is 35.5 Å². The van der Waals surface area contributed by atoms with Gasteiger partial charge < -0.3 is 15.5 Å². The molecule has 1 unspecified atom stereocenters. The number of anilines is 1. The fourth-order valence-electron chi connectivity index (χ4n) is 3.03. The second-order valence-corrected chi connectivity index (χ2v) is 6.71. The molecule has 0 aromatic carbocycles. The summed E-state index contributed by atoms with van der Waals surface area (Å²) < 4.78 is 2.00. The van der Waals surface area contributed by atoms with Gasteiger partial charge in [0.25, 0.3) is 0 Å². The van der Waals surface area contributed by atoms with Crippen LogP contribution in [0.2, 0.25) is 0 Å². The van der Waals surface area contributed by atoms with Gasteiger partial charge in [0.05, 0.1) is 18.8 Å². The first-order chi connectivity index (χ1) is 12.5. The topological polar surface area (TPSA) is 83.3 Å². The summed E-state index contributed by atoms with van der Waals surface area (Å²) in [5.74, 6) is 3.67.